The largest absolute Gasteiger partial charge is 0.379 e. The molecule has 1 saturated heterocycles. The quantitative estimate of drug-likeness (QED) is 0.218. The second-order valence-corrected chi connectivity index (χ2v) is 10.5. The van der Waals surface area contributed by atoms with Crippen LogP contribution in [-0.2, 0) is 17.7 Å². The maximum Gasteiger partial charge on any atom is 0.288 e. The van der Waals surface area contributed by atoms with E-state index in [1.165, 1.54) is 23.3 Å². The van der Waals surface area contributed by atoms with Crippen LogP contribution < -0.4 is 15.5 Å². The molecule has 41 heavy (non-hydrogen) atoms. The van der Waals surface area contributed by atoms with E-state index in [1.807, 2.05) is 18.2 Å². The van der Waals surface area contributed by atoms with Crippen molar-refractivity contribution in [3.05, 3.63) is 98.1 Å². The van der Waals surface area contributed by atoms with Gasteiger partial charge in [0.05, 0.1) is 23.7 Å². The summed E-state index contributed by atoms with van der Waals surface area (Å²) in [5, 5.41) is 17.0. The van der Waals surface area contributed by atoms with Crippen LogP contribution in [0, 0.1) is 10.1 Å². The van der Waals surface area contributed by atoms with Gasteiger partial charge in [0.15, 0.2) is 0 Å². The van der Waals surface area contributed by atoms with Crippen LogP contribution >= 0.6 is 11.6 Å². The van der Waals surface area contributed by atoms with Gasteiger partial charge in [-0.1, -0.05) is 35.9 Å². The second-order valence-electron chi connectivity index (χ2n) is 10.1. The summed E-state index contributed by atoms with van der Waals surface area (Å²) in [5.41, 5.74) is 3.91. The van der Waals surface area contributed by atoms with E-state index in [-0.39, 0.29) is 22.2 Å². The molecule has 10 nitrogen and oxygen atoms in total. The zero-order chi connectivity index (χ0) is 28.8. The Labute approximate surface area is 243 Å². The summed E-state index contributed by atoms with van der Waals surface area (Å²) in [6.45, 7) is 6.08. The fraction of sp³-hybridized carbons (Fsp3) is 0.333. The number of amides is 2. The number of fused-ring (bicyclic) bond motifs is 1. The Balaban J connectivity index is 1.34. The predicted octanol–water partition coefficient (Wildman–Crippen LogP) is 4.52. The molecular weight excluding hydrogens is 546 g/mol. The number of nitro benzene ring substituents is 1. The van der Waals surface area contributed by atoms with Crippen molar-refractivity contribution in [1.82, 2.24) is 10.2 Å². The molecule has 0 spiro atoms. The normalized spacial score (nSPS) is 15.2. The molecule has 2 amide bonds. The number of carbonyl (C=O) groups is 2. The smallest absolute Gasteiger partial charge is 0.288 e. The first kappa shape index (κ1) is 28.5. The van der Waals surface area contributed by atoms with E-state index in [0.29, 0.717) is 24.3 Å². The Morgan fingerprint density at radius 1 is 0.976 bits per heavy atom. The zero-order valence-electron chi connectivity index (χ0n) is 22.6. The molecule has 2 aliphatic rings. The average molecular weight is 578 g/mol. The third-order valence-electron chi connectivity index (χ3n) is 7.42. The molecular formula is C30H32ClN5O5. The van der Waals surface area contributed by atoms with E-state index in [2.05, 4.69) is 32.6 Å². The molecule has 1 fully saturated rings. The highest BCUT2D eigenvalue weighted by atomic mass is 35.5. The minimum absolute atomic E-state index is 0.0495. The van der Waals surface area contributed by atoms with Crippen LogP contribution in [0.1, 0.15) is 38.3 Å². The Morgan fingerprint density at radius 3 is 2.54 bits per heavy atom. The van der Waals surface area contributed by atoms with Crippen molar-refractivity contribution < 1.29 is 19.2 Å². The van der Waals surface area contributed by atoms with Gasteiger partial charge < -0.3 is 20.3 Å². The van der Waals surface area contributed by atoms with Crippen LogP contribution in [0.2, 0.25) is 5.02 Å². The predicted molar refractivity (Wildman–Crippen MR) is 158 cm³/mol. The Bertz CT molecular complexity index is 1440. The molecule has 0 bridgehead atoms. The number of hydrogen-bond acceptors (Lipinski definition) is 7. The number of halogens is 1. The summed E-state index contributed by atoms with van der Waals surface area (Å²) in [4.78, 5) is 41.6. The molecule has 0 radical (unpaired) electrons. The third-order valence-corrected chi connectivity index (χ3v) is 7.74. The first-order chi connectivity index (χ1) is 19.9. The lowest BCUT2D eigenvalue weighted by Crippen LogP contribution is -2.38. The van der Waals surface area contributed by atoms with Gasteiger partial charge in [-0.05, 0) is 60.8 Å². The van der Waals surface area contributed by atoms with Crippen LogP contribution in [0.3, 0.4) is 0 Å². The minimum Gasteiger partial charge on any atom is -0.379 e. The number of nitro groups is 1. The van der Waals surface area contributed by atoms with Crippen LogP contribution in [0.25, 0.3) is 0 Å². The molecule has 5 rings (SSSR count). The summed E-state index contributed by atoms with van der Waals surface area (Å²) in [5.74, 6) is -0.764. The van der Waals surface area contributed by atoms with Gasteiger partial charge >= 0.3 is 0 Å². The number of carbonyl (C=O) groups excluding carboxylic acids is 2. The molecule has 0 aliphatic carbocycles. The summed E-state index contributed by atoms with van der Waals surface area (Å²) in [6, 6.07) is 17.4. The van der Waals surface area contributed by atoms with E-state index in [1.54, 1.807) is 12.1 Å². The van der Waals surface area contributed by atoms with Crippen molar-refractivity contribution >= 4 is 40.5 Å². The molecule has 0 aromatic heterocycles. The van der Waals surface area contributed by atoms with Crippen molar-refractivity contribution in [1.29, 1.82) is 0 Å². The highest BCUT2D eigenvalue weighted by Gasteiger charge is 2.23. The van der Waals surface area contributed by atoms with Crippen LogP contribution in [0.5, 0.6) is 0 Å². The number of ether oxygens (including phenoxy) is 1. The second kappa shape index (κ2) is 13.1. The Kier molecular flexibility index (Phi) is 9.13. The summed E-state index contributed by atoms with van der Waals surface area (Å²) in [6.07, 6.45) is 1.68. The van der Waals surface area contributed by atoms with E-state index in [9.17, 15) is 19.7 Å². The van der Waals surface area contributed by atoms with Gasteiger partial charge in [0, 0.05) is 55.7 Å². The summed E-state index contributed by atoms with van der Waals surface area (Å²) >= 11 is 5.90. The van der Waals surface area contributed by atoms with Gasteiger partial charge in [0.1, 0.15) is 5.02 Å². The average Bonchev–Trinajstić information content (AvgIpc) is 2.99. The first-order valence-corrected chi connectivity index (χ1v) is 14.1. The highest BCUT2D eigenvalue weighted by molar-refractivity contribution is 6.32. The number of nitrogens with zero attached hydrogens (tertiary/aromatic N) is 3. The molecule has 0 atom stereocenters. The number of nitrogens with one attached hydrogen (secondary N) is 2. The fourth-order valence-electron chi connectivity index (χ4n) is 5.19. The summed E-state index contributed by atoms with van der Waals surface area (Å²) in [7, 11) is 0. The van der Waals surface area contributed by atoms with Crippen molar-refractivity contribution in [2.24, 2.45) is 0 Å². The highest BCUT2D eigenvalue weighted by Crippen LogP contribution is 2.30. The topological polar surface area (TPSA) is 117 Å². The van der Waals surface area contributed by atoms with Gasteiger partial charge in [-0.3, -0.25) is 24.6 Å². The molecule has 3 aromatic rings. The molecule has 2 heterocycles. The zero-order valence-corrected chi connectivity index (χ0v) is 23.4. The van der Waals surface area contributed by atoms with Crippen LogP contribution in [0.15, 0.2) is 60.7 Å². The number of rotatable bonds is 9. The molecule has 0 saturated carbocycles. The Hall–Kier alpha value is -3.99. The SMILES string of the molecule is O=C(Nc1ccc(N2CCc3ccccc3C2)c(C(=O)NCCCN2CCOCC2)c1)c1ccc(Cl)c([N+](=O)[O-])c1. The molecule has 11 heteroatoms. The van der Waals surface area contributed by atoms with Crippen molar-refractivity contribution in [2.45, 2.75) is 19.4 Å². The van der Waals surface area contributed by atoms with Crippen LogP contribution in [0.4, 0.5) is 17.1 Å². The number of benzene rings is 3. The van der Waals surface area contributed by atoms with E-state index in [0.717, 1.165) is 64.0 Å². The Morgan fingerprint density at radius 2 is 1.76 bits per heavy atom. The van der Waals surface area contributed by atoms with E-state index in [4.69, 9.17) is 16.3 Å². The third kappa shape index (κ3) is 7.02. The standard InChI is InChI=1S/C30H32ClN5O5/c31-26-8-6-22(18-28(26)36(39)40)29(37)33-24-7-9-27(35-13-10-21-4-1-2-5-23(21)20-35)25(19-24)30(38)32-11-3-12-34-14-16-41-17-15-34/h1-2,4-9,18-19H,3,10-17,20H2,(H,32,38)(H,33,37). The lowest BCUT2D eigenvalue weighted by Gasteiger charge is -2.32. The minimum atomic E-state index is -0.633. The molecule has 2 N–H and O–H groups in total. The fourth-order valence-corrected chi connectivity index (χ4v) is 5.38. The number of morpholine rings is 1. The number of anilines is 2. The molecule has 214 valence electrons. The van der Waals surface area contributed by atoms with Gasteiger partial charge in [-0.25, -0.2) is 0 Å². The van der Waals surface area contributed by atoms with E-state index >= 15 is 0 Å². The van der Waals surface area contributed by atoms with Crippen LogP contribution in [-0.4, -0.2) is 67.6 Å². The van der Waals surface area contributed by atoms with Crippen molar-refractivity contribution in [3.8, 4) is 0 Å². The lowest BCUT2D eigenvalue weighted by molar-refractivity contribution is -0.384. The maximum absolute atomic E-state index is 13.5. The van der Waals surface area contributed by atoms with Gasteiger partial charge in [-0.15, -0.1) is 0 Å². The summed E-state index contributed by atoms with van der Waals surface area (Å²) < 4.78 is 5.40. The lowest BCUT2D eigenvalue weighted by atomic mass is 9.98. The van der Waals surface area contributed by atoms with Crippen molar-refractivity contribution in [2.75, 3.05) is 56.2 Å². The maximum atomic E-state index is 13.5. The van der Waals surface area contributed by atoms with Crippen molar-refractivity contribution in [3.63, 3.8) is 0 Å². The molecule has 0 unspecified atom stereocenters. The van der Waals surface area contributed by atoms with Gasteiger partial charge in [-0.2, -0.15) is 0 Å². The monoisotopic (exact) mass is 577 g/mol. The number of hydrogen-bond donors (Lipinski definition) is 2. The molecule has 3 aromatic carbocycles. The van der Waals surface area contributed by atoms with Gasteiger partial charge in [0.25, 0.3) is 17.5 Å². The molecule has 2 aliphatic heterocycles. The van der Waals surface area contributed by atoms with Gasteiger partial charge in [0.2, 0.25) is 0 Å². The van der Waals surface area contributed by atoms with E-state index < -0.39 is 10.8 Å². The first-order valence-electron chi connectivity index (χ1n) is 13.7.